The number of nitrogens with zero attached hydrogens (tertiary/aromatic N) is 2. The molecule has 2 N–H and O–H groups in total. The van der Waals surface area contributed by atoms with Crippen molar-refractivity contribution in [3.63, 3.8) is 0 Å². The standard InChI is InChI=1S/C24H26N4O2S/c1-14(2)27-28-23(30)21-18-7-5-4-6-8-20(18)31-24(21)26-22(29)17-11-12-19-16(13-17)10-9-15(3)25-19/h9-13H,4-8H2,1-3H3,(H,26,29)(H,28,30). The van der Waals surface area contributed by atoms with Gasteiger partial charge in [0, 0.05) is 27.2 Å². The second-order valence-electron chi connectivity index (χ2n) is 8.08. The molecule has 0 aliphatic heterocycles. The molecule has 0 fully saturated rings. The Bertz CT molecular complexity index is 1190. The molecule has 1 aromatic carbocycles. The fraction of sp³-hybridized carbons (Fsp3) is 0.333. The molecule has 2 heterocycles. The van der Waals surface area contributed by atoms with Crippen molar-refractivity contribution in [3.05, 3.63) is 57.6 Å². The molecule has 31 heavy (non-hydrogen) atoms. The van der Waals surface area contributed by atoms with E-state index >= 15 is 0 Å². The van der Waals surface area contributed by atoms with E-state index < -0.39 is 0 Å². The summed E-state index contributed by atoms with van der Waals surface area (Å²) in [7, 11) is 0. The number of pyridine rings is 1. The number of fused-ring (bicyclic) bond motifs is 2. The first-order chi connectivity index (χ1) is 14.9. The van der Waals surface area contributed by atoms with Gasteiger partial charge in [0.15, 0.2) is 0 Å². The summed E-state index contributed by atoms with van der Waals surface area (Å²) < 4.78 is 0. The van der Waals surface area contributed by atoms with Crippen molar-refractivity contribution in [2.75, 3.05) is 5.32 Å². The van der Waals surface area contributed by atoms with Crippen LogP contribution >= 0.6 is 11.3 Å². The zero-order valence-corrected chi connectivity index (χ0v) is 18.9. The largest absolute Gasteiger partial charge is 0.313 e. The van der Waals surface area contributed by atoms with Crippen molar-refractivity contribution in [2.45, 2.75) is 52.9 Å². The molecule has 0 saturated carbocycles. The molecule has 7 heteroatoms. The van der Waals surface area contributed by atoms with Gasteiger partial charge >= 0.3 is 0 Å². The predicted molar refractivity (Wildman–Crippen MR) is 126 cm³/mol. The lowest BCUT2D eigenvalue weighted by Gasteiger charge is -2.09. The number of nitrogens with one attached hydrogen (secondary N) is 2. The molecule has 0 spiro atoms. The summed E-state index contributed by atoms with van der Waals surface area (Å²) in [6.07, 6.45) is 5.09. The summed E-state index contributed by atoms with van der Waals surface area (Å²) in [6.45, 7) is 5.60. The highest BCUT2D eigenvalue weighted by atomic mass is 32.1. The number of hydrogen-bond donors (Lipinski definition) is 2. The predicted octanol–water partition coefficient (Wildman–Crippen LogP) is 5.25. The molecule has 1 aliphatic rings. The second kappa shape index (κ2) is 8.98. The Hall–Kier alpha value is -3.06. The molecule has 4 rings (SSSR count). The Morgan fingerprint density at radius 2 is 1.84 bits per heavy atom. The normalized spacial score (nSPS) is 13.3. The van der Waals surface area contributed by atoms with Gasteiger partial charge in [0.2, 0.25) is 0 Å². The molecule has 0 atom stereocenters. The van der Waals surface area contributed by atoms with Gasteiger partial charge in [0.1, 0.15) is 5.00 Å². The summed E-state index contributed by atoms with van der Waals surface area (Å²) in [6, 6.07) is 9.35. The van der Waals surface area contributed by atoms with E-state index in [2.05, 4.69) is 20.8 Å². The van der Waals surface area contributed by atoms with Gasteiger partial charge in [0.05, 0.1) is 11.1 Å². The van der Waals surface area contributed by atoms with Crippen LogP contribution in [0.3, 0.4) is 0 Å². The van der Waals surface area contributed by atoms with Crippen molar-refractivity contribution >= 4 is 44.8 Å². The number of thiophene rings is 1. The highest BCUT2D eigenvalue weighted by Gasteiger charge is 2.26. The molecule has 2 amide bonds. The monoisotopic (exact) mass is 434 g/mol. The summed E-state index contributed by atoms with van der Waals surface area (Å²) in [5, 5.41) is 8.58. The Kier molecular flexibility index (Phi) is 6.13. The number of anilines is 1. The molecule has 160 valence electrons. The Morgan fingerprint density at radius 1 is 1.03 bits per heavy atom. The Morgan fingerprint density at radius 3 is 2.65 bits per heavy atom. The minimum absolute atomic E-state index is 0.233. The highest BCUT2D eigenvalue weighted by molar-refractivity contribution is 7.17. The smallest absolute Gasteiger partial charge is 0.274 e. The van der Waals surface area contributed by atoms with Gasteiger partial charge in [-0.1, -0.05) is 12.5 Å². The summed E-state index contributed by atoms with van der Waals surface area (Å²) in [4.78, 5) is 31.7. The van der Waals surface area contributed by atoms with E-state index in [9.17, 15) is 9.59 Å². The number of carbonyl (C=O) groups excluding carboxylic acids is 2. The molecule has 0 unspecified atom stereocenters. The third kappa shape index (κ3) is 4.66. The lowest BCUT2D eigenvalue weighted by molar-refractivity contribution is 0.0955. The average molecular weight is 435 g/mol. The van der Waals surface area contributed by atoms with Crippen LogP contribution < -0.4 is 10.7 Å². The first kappa shape index (κ1) is 21.2. The maximum Gasteiger partial charge on any atom is 0.274 e. The molecule has 1 aliphatic carbocycles. The zero-order valence-electron chi connectivity index (χ0n) is 18.0. The topological polar surface area (TPSA) is 83.5 Å². The van der Waals surface area contributed by atoms with E-state index in [4.69, 9.17) is 0 Å². The summed E-state index contributed by atoms with van der Waals surface area (Å²) in [5.41, 5.74) is 7.33. The van der Waals surface area contributed by atoms with Crippen LogP contribution in [0, 0.1) is 6.92 Å². The van der Waals surface area contributed by atoms with Crippen LogP contribution in [0.2, 0.25) is 0 Å². The van der Waals surface area contributed by atoms with Crippen LogP contribution in [-0.2, 0) is 12.8 Å². The average Bonchev–Trinajstić information content (AvgIpc) is 2.91. The number of amides is 2. The number of hydrazone groups is 1. The number of aryl methyl sites for hydroxylation is 2. The third-order valence-electron chi connectivity index (χ3n) is 5.35. The fourth-order valence-corrected chi connectivity index (χ4v) is 5.12. The van der Waals surface area contributed by atoms with Crippen LogP contribution in [0.1, 0.15) is 70.0 Å². The van der Waals surface area contributed by atoms with Crippen LogP contribution in [0.15, 0.2) is 35.4 Å². The van der Waals surface area contributed by atoms with Crippen molar-refractivity contribution < 1.29 is 9.59 Å². The SMILES string of the molecule is CC(C)=NNC(=O)c1c(NC(=O)c2ccc3nc(C)ccc3c2)sc2c1CCCCC2. The quantitative estimate of drug-likeness (QED) is 0.334. The number of carbonyl (C=O) groups is 2. The van der Waals surface area contributed by atoms with Gasteiger partial charge in [-0.05, 0) is 76.3 Å². The Labute approximate surface area is 185 Å². The van der Waals surface area contributed by atoms with Gasteiger partial charge in [-0.2, -0.15) is 5.10 Å². The number of hydrogen-bond acceptors (Lipinski definition) is 5. The molecule has 3 aromatic rings. The molecule has 0 radical (unpaired) electrons. The summed E-state index contributed by atoms with van der Waals surface area (Å²) in [5.74, 6) is -0.503. The van der Waals surface area contributed by atoms with Gasteiger partial charge in [-0.15, -0.1) is 11.3 Å². The van der Waals surface area contributed by atoms with Crippen LogP contribution in [0.25, 0.3) is 10.9 Å². The van der Waals surface area contributed by atoms with E-state index in [-0.39, 0.29) is 11.8 Å². The summed E-state index contributed by atoms with van der Waals surface area (Å²) >= 11 is 1.51. The van der Waals surface area contributed by atoms with E-state index in [1.165, 1.54) is 16.2 Å². The fourth-order valence-electron chi connectivity index (χ4n) is 3.83. The molecule has 0 bridgehead atoms. The van der Waals surface area contributed by atoms with E-state index in [1.54, 1.807) is 6.07 Å². The number of rotatable bonds is 4. The molecular formula is C24H26N4O2S. The van der Waals surface area contributed by atoms with Crippen LogP contribution in [0.4, 0.5) is 5.00 Å². The second-order valence-corrected chi connectivity index (χ2v) is 9.19. The van der Waals surface area contributed by atoms with E-state index in [0.717, 1.165) is 60.0 Å². The zero-order chi connectivity index (χ0) is 22.0. The Balaban J connectivity index is 1.67. The minimum Gasteiger partial charge on any atom is -0.313 e. The van der Waals surface area contributed by atoms with E-state index in [1.807, 2.05) is 45.0 Å². The third-order valence-corrected chi connectivity index (χ3v) is 6.55. The van der Waals surface area contributed by atoms with Gasteiger partial charge in [-0.3, -0.25) is 14.6 Å². The number of aromatic nitrogens is 1. The molecule has 0 saturated heterocycles. The molecule has 2 aromatic heterocycles. The maximum atomic E-state index is 13.1. The lowest BCUT2D eigenvalue weighted by atomic mass is 10.0. The highest BCUT2D eigenvalue weighted by Crippen LogP contribution is 2.37. The van der Waals surface area contributed by atoms with Crippen molar-refractivity contribution in [1.29, 1.82) is 0 Å². The number of benzene rings is 1. The van der Waals surface area contributed by atoms with Crippen LogP contribution in [0.5, 0.6) is 0 Å². The van der Waals surface area contributed by atoms with Crippen molar-refractivity contribution in [1.82, 2.24) is 10.4 Å². The van der Waals surface area contributed by atoms with E-state index in [0.29, 0.717) is 16.1 Å². The van der Waals surface area contributed by atoms with Crippen molar-refractivity contribution in [2.24, 2.45) is 5.10 Å². The molecular weight excluding hydrogens is 408 g/mol. The molecule has 6 nitrogen and oxygen atoms in total. The van der Waals surface area contributed by atoms with Gasteiger partial charge in [0.25, 0.3) is 11.8 Å². The van der Waals surface area contributed by atoms with Crippen LogP contribution in [-0.4, -0.2) is 22.5 Å². The minimum atomic E-state index is -0.269. The first-order valence-corrected chi connectivity index (χ1v) is 11.4. The first-order valence-electron chi connectivity index (χ1n) is 10.6. The van der Waals surface area contributed by atoms with Gasteiger partial charge in [-0.25, -0.2) is 5.43 Å². The lowest BCUT2D eigenvalue weighted by Crippen LogP contribution is -2.22. The van der Waals surface area contributed by atoms with Crippen molar-refractivity contribution in [3.8, 4) is 0 Å². The van der Waals surface area contributed by atoms with Gasteiger partial charge < -0.3 is 5.32 Å². The maximum absolute atomic E-state index is 13.1.